The molecule has 4 heteroatoms. The Hall–Kier alpha value is -2.36. The van der Waals surface area contributed by atoms with Crippen LogP contribution in [0.1, 0.15) is 21.5 Å². The molecule has 0 heterocycles. The lowest BCUT2D eigenvalue weighted by atomic mass is 10.1. The summed E-state index contributed by atoms with van der Waals surface area (Å²) in [5.74, 6) is -2.11. The zero-order chi connectivity index (χ0) is 13.8. The van der Waals surface area contributed by atoms with E-state index in [2.05, 4.69) is 0 Å². The Bertz CT molecular complexity index is 608. The molecule has 0 fully saturated rings. The number of benzene rings is 2. The first-order chi connectivity index (χ1) is 9.08. The van der Waals surface area contributed by atoms with E-state index in [1.54, 1.807) is 0 Å². The van der Waals surface area contributed by atoms with Crippen molar-refractivity contribution in [2.75, 3.05) is 0 Å². The first-order valence-corrected chi connectivity index (χ1v) is 5.78. The number of carbonyl (C=O) groups is 1. The molecule has 0 unspecified atom stereocenters. The Morgan fingerprint density at radius 3 is 2.68 bits per heavy atom. The van der Waals surface area contributed by atoms with Gasteiger partial charge < -0.3 is 9.84 Å². The third-order valence-electron chi connectivity index (χ3n) is 2.66. The van der Waals surface area contributed by atoms with E-state index < -0.39 is 11.8 Å². The highest BCUT2D eigenvalue weighted by Crippen LogP contribution is 2.23. The monoisotopic (exact) mass is 260 g/mol. The van der Waals surface area contributed by atoms with Crippen molar-refractivity contribution in [3.05, 3.63) is 65.0 Å². The van der Waals surface area contributed by atoms with E-state index >= 15 is 0 Å². The van der Waals surface area contributed by atoms with Crippen molar-refractivity contribution in [2.24, 2.45) is 0 Å². The molecule has 0 saturated heterocycles. The molecule has 0 radical (unpaired) electrons. The minimum absolute atomic E-state index is 0.128. The van der Waals surface area contributed by atoms with E-state index in [-0.39, 0.29) is 17.9 Å². The van der Waals surface area contributed by atoms with Crippen LogP contribution in [0.5, 0.6) is 5.75 Å². The van der Waals surface area contributed by atoms with Crippen LogP contribution < -0.4 is 4.74 Å². The Morgan fingerprint density at radius 1 is 1.26 bits per heavy atom. The summed E-state index contributed by atoms with van der Waals surface area (Å²) in [6.07, 6.45) is 0. The molecular weight excluding hydrogens is 247 g/mol. The summed E-state index contributed by atoms with van der Waals surface area (Å²) in [5.41, 5.74) is 1.75. The summed E-state index contributed by atoms with van der Waals surface area (Å²) >= 11 is 0. The Balaban J connectivity index is 2.22. The number of ether oxygens (including phenoxy) is 1. The maximum atomic E-state index is 13.6. The number of carboxylic acid groups (broad SMARTS) is 1. The number of hydrogen-bond donors (Lipinski definition) is 1. The van der Waals surface area contributed by atoms with Crippen molar-refractivity contribution in [1.82, 2.24) is 0 Å². The van der Waals surface area contributed by atoms with Crippen molar-refractivity contribution in [3.8, 4) is 5.75 Å². The second kappa shape index (κ2) is 5.52. The summed E-state index contributed by atoms with van der Waals surface area (Å²) in [6, 6.07) is 11.4. The summed E-state index contributed by atoms with van der Waals surface area (Å²) in [4.78, 5) is 11.0. The second-order valence-electron chi connectivity index (χ2n) is 4.20. The lowest BCUT2D eigenvalue weighted by Gasteiger charge is -2.10. The van der Waals surface area contributed by atoms with Crippen molar-refractivity contribution in [1.29, 1.82) is 0 Å². The number of aryl methyl sites for hydroxylation is 1. The van der Waals surface area contributed by atoms with Gasteiger partial charge in [-0.3, -0.25) is 0 Å². The molecular formula is C15H13FO3. The number of hydrogen-bond acceptors (Lipinski definition) is 2. The fourth-order valence-electron chi connectivity index (χ4n) is 1.78. The van der Waals surface area contributed by atoms with Gasteiger partial charge in [-0.2, -0.15) is 0 Å². The smallest absolute Gasteiger partial charge is 0.339 e. The molecule has 0 bridgehead atoms. The third kappa shape index (κ3) is 3.10. The van der Waals surface area contributed by atoms with Crippen LogP contribution in [0.4, 0.5) is 4.39 Å². The highest BCUT2D eigenvalue weighted by atomic mass is 19.1. The highest BCUT2D eigenvalue weighted by molar-refractivity contribution is 5.90. The van der Waals surface area contributed by atoms with Gasteiger partial charge in [0.15, 0.2) is 11.6 Å². The van der Waals surface area contributed by atoms with Gasteiger partial charge in [-0.25, -0.2) is 9.18 Å². The minimum atomic E-state index is -1.21. The SMILES string of the molecule is Cc1cccc(COc2c(F)cccc2C(=O)O)c1. The molecule has 0 amide bonds. The van der Waals surface area contributed by atoms with E-state index in [4.69, 9.17) is 9.84 Å². The molecule has 0 aromatic heterocycles. The maximum Gasteiger partial charge on any atom is 0.339 e. The quantitative estimate of drug-likeness (QED) is 0.916. The van der Waals surface area contributed by atoms with E-state index in [0.717, 1.165) is 11.1 Å². The van der Waals surface area contributed by atoms with Gasteiger partial charge in [0.05, 0.1) is 0 Å². The number of carboxylic acids is 1. The van der Waals surface area contributed by atoms with Gasteiger partial charge in [0, 0.05) is 0 Å². The van der Waals surface area contributed by atoms with E-state index in [1.165, 1.54) is 18.2 Å². The average molecular weight is 260 g/mol. The van der Waals surface area contributed by atoms with E-state index in [0.29, 0.717) is 0 Å². The molecule has 19 heavy (non-hydrogen) atoms. The summed E-state index contributed by atoms with van der Waals surface area (Å²) in [5, 5.41) is 8.98. The molecule has 98 valence electrons. The van der Waals surface area contributed by atoms with Gasteiger partial charge in [-0.15, -0.1) is 0 Å². The number of para-hydroxylation sites is 1. The molecule has 0 aliphatic heterocycles. The Labute approximate surface area is 110 Å². The number of rotatable bonds is 4. The normalized spacial score (nSPS) is 10.2. The zero-order valence-electron chi connectivity index (χ0n) is 10.4. The van der Waals surface area contributed by atoms with Crippen LogP contribution >= 0.6 is 0 Å². The van der Waals surface area contributed by atoms with E-state index in [9.17, 15) is 9.18 Å². The molecule has 2 aromatic rings. The molecule has 1 N–H and O–H groups in total. The Morgan fingerprint density at radius 2 is 2.00 bits per heavy atom. The topological polar surface area (TPSA) is 46.5 Å². The van der Waals surface area contributed by atoms with Gasteiger partial charge >= 0.3 is 5.97 Å². The van der Waals surface area contributed by atoms with Gasteiger partial charge in [0.2, 0.25) is 0 Å². The summed E-state index contributed by atoms with van der Waals surface area (Å²) in [7, 11) is 0. The van der Waals surface area contributed by atoms with Gasteiger partial charge in [-0.05, 0) is 24.6 Å². The van der Waals surface area contributed by atoms with Crippen molar-refractivity contribution < 1.29 is 19.0 Å². The van der Waals surface area contributed by atoms with Crippen LogP contribution in [0.15, 0.2) is 42.5 Å². The molecule has 0 aliphatic carbocycles. The van der Waals surface area contributed by atoms with Gasteiger partial charge in [-0.1, -0.05) is 35.9 Å². The van der Waals surface area contributed by atoms with Gasteiger partial charge in [0.1, 0.15) is 12.2 Å². The van der Waals surface area contributed by atoms with Crippen LogP contribution in [0, 0.1) is 12.7 Å². The average Bonchev–Trinajstić information content (AvgIpc) is 2.37. The van der Waals surface area contributed by atoms with Crippen molar-refractivity contribution >= 4 is 5.97 Å². The predicted octanol–water partition coefficient (Wildman–Crippen LogP) is 3.41. The van der Waals surface area contributed by atoms with Crippen molar-refractivity contribution in [2.45, 2.75) is 13.5 Å². The Kier molecular flexibility index (Phi) is 3.80. The number of aromatic carboxylic acids is 1. The standard InChI is InChI=1S/C15H13FO3/c1-10-4-2-5-11(8-10)9-19-14-12(15(17)18)6-3-7-13(14)16/h2-8H,9H2,1H3,(H,17,18). The van der Waals surface area contributed by atoms with Crippen LogP contribution in [-0.2, 0) is 6.61 Å². The zero-order valence-corrected chi connectivity index (χ0v) is 10.4. The molecule has 0 aliphatic rings. The molecule has 2 rings (SSSR count). The van der Waals surface area contributed by atoms with Crippen molar-refractivity contribution in [3.63, 3.8) is 0 Å². The summed E-state index contributed by atoms with van der Waals surface area (Å²) < 4.78 is 18.9. The second-order valence-corrected chi connectivity index (χ2v) is 4.20. The maximum absolute atomic E-state index is 13.6. The molecule has 3 nitrogen and oxygen atoms in total. The van der Waals surface area contributed by atoms with Crippen LogP contribution in [0.2, 0.25) is 0 Å². The highest BCUT2D eigenvalue weighted by Gasteiger charge is 2.15. The molecule has 2 aromatic carbocycles. The molecule has 0 spiro atoms. The van der Waals surface area contributed by atoms with Crippen LogP contribution in [-0.4, -0.2) is 11.1 Å². The first-order valence-electron chi connectivity index (χ1n) is 5.78. The fourth-order valence-corrected chi connectivity index (χ4v) is 1.78. The van der Waals surface area contributed by atoms with Crippen LogP contribution in [0.25, 0.3) is 0 Å². The lowest BCUT2D eigenvalue weighted by Crippen LogP contribution is -2.05. The largest absolute Gasteiger partial charge is 0.485 e. The lowest BCUT2D eigenvalue weighted by molar-refractivity contribution is 0.0690. The first kappa shape index (κ1) is 13.1. The number of halogens is 1. The molecule has 0 saturated carbocycles. The van der Waals surface area contributed by atoms with Crippen LogP contribution in [0.3, 0.4) is 0 Å². The fraction of sp³-hybridized carbons (Fsp3) is 0.133. The van der Waals surface area contributed by atoms with E-state index in [1.807, 2.05) is 31.2 Å². The molecule has 0 atom stereocenters. The third-order valence-corrected chi connectivity index (χ3v) is 2.66. The predicted molar refractivity (Wildman–Crippen MR) is 68.9 cm³/mol. The minimum Gasteiger partial charge on any atom is -0.485 e. The van der Waals surface area contributed by atoms with Gasteiger partial charge in [0.25, 0.3) is 0 Å². The summed E-state index contributed by atoms with van der Waals surface area (Å²) in [6.45, 7) is 2.07.